The van der Waals surface area contributed by atoms with Gasteiger partial charge in [-0.2, -0.15) is 0 Å². The molecule has 0 aromatic rings. The van der Waals surface area contributed by atoms with Gasteiger partial charge in [0.15, 0.2) is 0 Å². The molecule has 0 unspecified atom stereocenters. The van der Waals surface area contributed by atoms with Gasteiger partial charge >= 0.3 is 0 Å². The number of amidine groups is 1. The van der Waals surface area contributed by atoms with Crippen LogP contribution < -0.4 is 0 Å². The van der Waals surface area contributed by atoms with Crippen LogP contribution in [0.4, 0.5) is 0 Å². The Morgan fingerprint density at radius 1 is 1.67 bits per heavy atom. The summed E-state index contributed by atoms with van der Waals surface area (Å²) in [6, 6.07) is 0. The zero-order valence-electron chi connectivity index (χ0n) is 7.00. The molecule has 64 valence electrons. The van der Waals surface area contributed by atoms with Crippen molar-refractivity contribution in [1.82, 2.24) is 0 Å². The van der Waals surface area contributed by atoms with Crippen molar-refractivity contribution in [1.29, 1.82) is 0 Å². The molecule has 0 saturated heterocycles. The quantitative estimate of drug-likeness (QED) is 0.647. The van der Waals surface area contributed by atoms with Crippen LogP contribution in [0.3, 0.4) is 0 Å². The molecule has 0 saturated carbocycles. The third-order valence-corrected chi connectivity index (χ3v) is 1.94. The molecule has 3 heteroatoms. The molecule has 2 nitrogen and oxygen atoms in total. The highest BCUT2D eigenvalue weighted by Crippen LogP contribution is 2.11. The number of halogens is 1. The van der Waals surface area contributed by atoms with E-state index in [0.29, 0.717) is 0 Å². The van der Waals surface area contributed by atoms with Crippen LogP contribution in [0.2, 0.25) is 0 Å². The average molecular weight is 227 g/mol. The van der Waals surface area contributed by atoms with Crippen LogP contribution in [0.15, 0.2) is 32.8 Å². The summed E-state index contributed by atoms with van der Waals surface area (Å²) in [5.41, 5.74) is 0. The topological polar surface area (TPSA) is 24.7 Å². The fourth-order valence-corrected chi connectivity index (χ4v) is 1.04. The van der Waals surface area contributed by atoms with Crippen LogP contribution in [0.25, 0.3) is 0 Å². The first-order valence-electron chi connectivity index (χ1n) is 3.88. The lowest BCUT2D eigenvalue weighted by atomic mass is 10.3. The molecular weight excluding hydrogens is 216 g/mol. The molecule has 0 bridgehead atoms. The van der Waals surface area contributed by atoms with Crippen molar-refractivity contribution in [3.05, 3.63) is 22.8 Å². The van der Waals surface area contributed by atoms with Crippen LogP contribution in [0.1, 0.15) is 19.8 Å². The first kappa shape index (κ1) is 9.39. The van der Waals surface area contributed by atoms with E-state index in [2.05, 4.69) is 25.9 Å². The summed E-state index contributed by atoms with van der Waals surface area (Å²) in [7, 11) is 0. The van der Waals surface area contributed by atoms with Crippen LogP contribution >= 0.6 is 15.9 Å². The van der Waals surface area contributed by atoms with E-state index in [1.54, 1.807) is 0 Å². The smallest absolute Gasteiger partial charge is 0.131 e. The third-order valence-electron chi connectivity index (χ3n) is 1.42. The van der Waals surface area contributed by atoms with Crippen LogP contribution in [-0.4, -0.2) is 12.1 Å². The Hall–Kier alpha value is -0.700. The van der Waals surface area contributed by atoms with Gasteiger partial charge in [-0.25, -0.2) is 9.98 Å². The summed E-state index contributed by atoms with van der Waals surface area (Å²) in [6.07, 6.45) is 9.37. The SMILES string of the molecule is C/C=C\CC1=NC=C(Br)CC=N1. The van der Waals surface area contributed by atoms with Crippen LogP contribution in [0.5, 0.6) is 0 Å². The van der Waals surface area contributed by atoms with Crippen molar-refractivity contribution < 1.29 is 0 Å². The Labute approximate surface area is 80.9 Å². The van der Waals surface area contributed by atoms with E-state index in [-0.39, 0.29) is 0 Å². The number of rotatable bonds is 2. The van der Waals surface area contributed by atoms with Gasteiger partial charge in [-0.05, 0) is 6.92 Å². The lowest BCUT2D eigenvalue weighted by Crippen LogP contribution is -1.89. The largest absolute Gasteiger partial charge is 0.245 e. The predicted octanol–water partition coefficient (Wildman–Crippen LogP) is 3.06. The van der Waals surface area contributed by atoms with Crippen molar-refractivity contribution in [2.75, 3.05) is 0 Å². The number of allylic oxidation sites excluding steroid dienone is 2. The minimum absolute atomic E-state index is 0.809. The fourth-order valence-electron chi connectivity index (χ4n) is 0.797. The zero-order chi connectivity index (χ0) is 8.81. The maximum absolute atomic E-state index is 4.20. The summed E-state index contributed by atoms with van der Waals surface area (Å²) in [6.45, 7) is 1.99. The number of aliphatic imine (C=N–C) groups is 2. The Kier molecular flexibility index (Phi) is 3.94. The summed E-state index contributed by atoms with van der Waals surface area (Å²) < 4.78 is 1.07. The first-order chi connectivity index (χ1) is 5.83. The van der Waals surface area contributed by atoms with Gasteiger partial charge in [0.25, 0.3) is 0 Å². The fraction of sp³-hybridized carbons (Fsp3) is 0.333. The van der Waals surface area contributed by atoms with Gasteiger partial charge in [-0.3, -0.25) is 0 Å². The van der Waals surface area contributed by atoms with Gasteiger partial charge in [0, 0.05) is 29.7 Å². The molecule has 1 aliphatic heterocycles. The van der Waals surface area contributed by atoms with Crippen molar-refractivity contribution in [2.24, 2.45) is 9.98 Å². The lowest BCUT2D eigenvalue weighted by molar-refractivity contribution is 1.35. The van der Waals surface area contributed by atoms with E-state index in [0.717, 1.165) is 23.2 Å². The van der Waals surface area contributed by atoms with Crippen LogP contribution in [0, 0.1) is 0 Å². The molecular formula is C9H11BrN2. The van der Waals surface area contributed by atoms with E-state index in [9.17, 15) is 0 Å². The summed E-state index contributed by atoms with van der Waals surface area (Å²) in [5.74, 6) is 0.863. The second-order valence-corrected chi connectivity index (χ2v) is 3.43. The van der Waals surface area contributed by atoms with Crippen molar-refractivity contribution in [2.45, 2.75) is 19.8 Å². The summed E-state index contributed by atoms with van der Waals surface area (Å²) in [5, 5.41) is 0. The lowest BCUT2D eigenvalue weighted by Gasteiger charge is -1.90. The molecule has 12 heavy (non-hydrogen) atoms. The second kappa shape index (κ2) is 5.04. The Morgan fingerprint density at radius 2 is 2.50 bits per heavy atom. The van der Waals surface area contributed by atoms with E-state index >= 15 is 0 Å². The van der Waals surface area contributed by atoms with E-state index in [1.165, 1.54) is 0 Å². The predicted molar refractivity (Wildman–Crippen MR) is 57.0 cm³/mol. The third kappa shape index (κ3) is 3.13. The van der Waals surface area contributed by atoms with E-state index in [1.807, 2.05) is 31.5 Å². The highest BCUT2D eigenvalue weighted by molar-refractivity contribution is 9.11. The Bertz CT molecular complexity index is 262. The number of hydrogen-bond donors (Lipinski definition) is 0. The van der Waals surface area contributed by atoms with E-state index in [4.69, 9.17) is 0 Å². The zero-order valence-corrected chi connectivity index (χ0v) is 8.58. The minimum atomic E-state index is 0.809. The molecule has 0 fully saturated rings. The molecule has 0 aromatic carbocycles. The van der Waals surface area contributed by atoms with Gasteiger partial charge in [-0.1, -0.05) is 28.1 Å². The maximum Gasteiger partial charge on any atom is 0.131 e. The Morgan fingerprint density at radius 3 is 3.25 bits per heavy atom. The molecule has 0 aromatic heterocycles. The monoisotopic (exact) mass is 226 g/mol. The molecule has 1 heterocycles. The first-order valence-corrected chi connectivity index (χ1v) is 4.67. The molecule has 0 N–H and O–H groups in total. The molecule has 0 radical (unpaired) electrons. The summed E-state index contributed by atoms with van der Waals surface area (Å²) >= 11 is 3.38. The van der Waals surface area contributed by atoms with E-state index < -0.39 is 0 Å². The standard InChI is InChI=1S/C9H11BrN2/c1-2-3-4-9-11-6-5-8(10)7-12-9/h2-3,6-7H,4-5H2,1H3/b3-2-. The molecule has 1 aliphatic rings. The second-order valence-electron chi connectivity index (χ2n) is 2.41. The highest BCUT2D eigenvalue weighted by atomic mass is 79.9. The molecule has 1 rings (SSSR count). The van der Waals surface area contributed by atoms with Gasteiger partial charge in [0.1, 0.15) is 5.84 Å². The maximum atomic E-state index is 4.20. The van der Waals surface area contributed by atoms with Gasteiger partial charge in [-0.15, -0.1) is 0 Å². The minimum Gasteiger partial charge on any atom is -0.245 e. The number of nitrogens with zero attached hydrogens (tertiary/aromatic N) is 2. The van der Waals surface area contributed by atoms with Gasteiger partial charge in [0.05, 0.1) is 0 Å². The van der Waals surface area contributed by atoms with Crippen molar-refractivity contribution >= 4 is 28.0 Å². The van der Waals surface area contributed by atoms with Crippen molar-refractivity contribution in [3.8, 4) is 0 Å². The summed E-state index contributed by atoms with van der Waals surface area (Å²) in [4.78, 5) is 8.40. The molecule has 0 spiro atoms. The number of hydrogen-bond acceptors (Lipinski definition) is 2. The van der Waals surface area contributed by atoms with Crippen molar-refractivity contribution in [3.63, 3.8) is 0 Å². The van der Waals surface area contributed by atoms with Crippen LogP contribution in [-0.2, 0) is 0 Å². The molecule has 0 atom stereocenters. The highest BCUT2D eigenvalue weighted by Gasteiger charge is 1.96. The molecule has 0 amide bonds. The van der Waals surface area contributed by atoms with Gasteiger partial charge < -0.3 is 0 Å². The Balaban J connectivity index is 2.64. The molecule has 0 aliphatic carbocycles. The average Bonchev–Trinajstić information content (AvgIpc) is 2.27. The van der Waals surface area contributed by atoms with Gasteiger partial charge in [0.2, 0.25) is 0 Å². The normalized spacial score (nSPS) is 17.5.